The number of ether oxygens (including phenoxy) is 1. The lowest BCUT2D eigenvalue weighted by atomic mass is 10.1. The molecule has 28 heavy (non-hydrogen) atoms. The fourth-order valence-corrected chi connectivity index (χ4v) is 2.77. The van der Waals surface area contributed by atoms with E-state index in [2.05, 4.69) is 10.5 Å². The van der Waals surface area contributed by atoms with Gasteiger partial charge in [0.05, 0.1) is 6.21 Å². The van der Waals surface area contributed by atoms with Gasteiger partial charge in [0.25, 0.3) is 5.91 Å². The molecule has 0 unspecified atom stereocenters. The van der Waals surface area contributed by atoms with E-state index in [0.29, 0.717) is 27.3 Å². The molecule has 7 heteroatoms. The van der Waals surface area contributed by atoms with Gasteiger partial charge in [0.15, 0.2) is 6.61 Å². The fourth-order valence-electron chi connectivity index (χ4n) is 2.53. The number of carbonyl (C=O) groups excluding carboxylic acids is 1. The lowest BCUT2D eigenvalue weighted by Gasteiger charge is -2.09. The first-order chi connectivity index (χ1) is 13.4. The van der Waals surface area contributed by atoms with Gasteiger partial charge < -0.3 is 9.15 Å². The van der Waals surface area contributed by atoms with Crippen LogP contribution < -0.4 is 10.2 Å². The Morgan fingerprint density at radius 1 is 1.11 bits per heavy atom. The minimum atomic E-state index is -0.383. The van der Waals surface area contributed by atoms with Crippen molar-refractivity contribution in [3.63, 3.8) is 0 Å². The molecule has 0 saturated carbocycles. The number of hydrogen-bond acceptors (Lipinski definition) is 4. The quantitative estimate of drug-likeness (QED) is 0.432. The average Bonchev–Trinajstić information content (AvgIpc) is 3.14. The van der Waals surface area contributed by atoms with E-state index in [1.807, 2.05) is 32.0 Å². The highest BCUT2D eigenvalue weighted by Gasteiger charge is 2.07. The van der Waals surface area contributed by atoms with Crippen molar-refractivity contribution in [2.75, 3.05) is 6.61 Å². The van der Waals surface area contributed by atoms with Crippen LogP contribution in [-0.4, -0.2) is 18.7 Å². The second kappa shape index (κ2) is 8.95. The van der Waals surface area contributed by atoms with Crippen LogP contribution in [0.4, 0.5) is 0 Å². The number of nitrogens with one attached hydrogen (secondary N) is 1. The van der Waals surface area contributed by atoms with E-state index in [-0.39, 0.29) is 12.5 Å². The number of carbonyl (C=O) groups is 1. The molecule has 3 rings (SSSR count). The average molecular weight is 417 g/mol. The minimum absolute atomic E-state index is 0.161. The predicted octanol–water partition coefficient (Wildman–Crippen LogP) is 5.40. The molecule has 0 fully saturated rings. The first kappa shape index (κ1) is 20.0. The number of rotatable bonds is 6. The Morgan fingerprint density at radius 2 is 1.79 bits per heavy atom. The summed E-state index contributed by atoms with van der Waals surface area (Å²) in [6, 6.07) is 14.5. The van der Waals surface area contributed by atoms with Gasteiger partial charge in [0, 0.05) is 15.6 Å². The zero-order valence-electron chi connectivity index (χ0n) is 15.3. The SMILES string of the molecule is Cc1cc(OCC(=O)N/N=C\c2ccc(-c3ccc(Cl)cc3)o2)cc(C)c1Cl. The summed E-state index contributed by atoms with van der Waals surface area (Å²) in [6.45, 7) is 3.61. The Labute approximate surface area is 172 Å². The molecule has 1 amide bonds. The van der Waals surface area contributed by atoms with Crippen LogP contribution >= 0.6 is 23.2 Å². The Kier molecular flexibility index (Phi) is 6.39. The molecular formula is C21H18Cl2N2O3. The zero-order valence-corrected chi connectivity index (χ0v) is 16.8. The van der Waals surface area contributed by atoms with Crippen LogP contribution in [-0.2, 0) is 4.79 Å². The molecule has 0 radical (unpaired) electrons. The highest BCUT2D eigenvalue weighted by molar-refractivity contribution is 6.32. The van der Waals surface area contributed by atoms with Crippen molar-refractivity contribution < 1.29 is 13.9 Å². The van der Waals surface area contributed by atoms with Crippen molar-refractivity contribution in [1.29, 1.82) is 0 Å². The number of benzene rings is 2. The molecule has 0 atom stereocenters. The van der Waals surface area contributed by atoms with Crippen molar-refractivity contribution in [2.24, 2.45) is 5.10 Å². The molecule has 0 aliphatic rings. The molecule has 1 N–H and O–H groups in total. The lowest BCUT2D eigenvalue weighted by molar-refractivity contribution is -0.123. The standard InChI is InChI=1S/C21H18Cl2N2O3/c1-13-9-18(10-14(2)21(13)23)27-12-20(26)25-24-11-17-7-8-19(28-17)15-3-5-16(22)6-4-15/h3-11H,12H2,1-2H3,(H,25,26)/b24-11-. The molecule has 0 bridgehead atoms. The summed E-state index contributed by atoms with van der Waals surface area (Å²) in [7, 11) is 0. The highest BCUT2D eigenvalue weighted by Crippen LogP contribution is 2.26. The third kappa shape index (κ3) is 5.15. The highest BCUT2D eigenvalue weighted by atomic mass is 35.5. The maximum Gasteiger partial charge on any atom is 0.277 e. The smallest absolute Gasteiger partial charge is 0.277 e. The van der Waals surface area contributed by atoms with Crippen molar-refractivity contribution in [1.82, 2.24) is 5.43 Å². The molecule has 1 heterocycles. The molecule has 0 aliphatic heterocycles. The van der Waals surface area contributed by atoms with E-state index >= 15 is 0 Å². The second-order valence-corrected chi connectivity index (χ2v) is 6.98. The third-order valence-corrected chi connectivity index (χ3v) is 4.76. The van der Waals surface area contributed by atoms with Crippen molar-refractivity contribution in [3.8, 4) is 17.1 Å². The monoisotopic (exact) mass is 416 g/mol. The largest absolute Gasteiger partial charge is 0.484 e. The van der Waals surface area contributed by atoms with E-state index < -0.39 is 0 Å². The van der Waals surface area contributed by atoms with E-state index in [0.717, 1.165) is 16.7 Å². The Morgan fingerprint density at radius 3 is 2.46 bits per heavy atom. The van der Waals surface area contributed by atoms with Gasteiger partial charge in [-0.2, -0.15) is 5.10 Å². The maximum absolute atomic E-state index is 11.9. The number of halogens is 2. The van der Waals surface area contributed by atoms with Crippen LogP contribution in [0, 0.1) is 13.8 Å². The number of furan rings is 1. The van der Waals surface area contributed by atoms with Crippen LogP contribution in [0.2, 0.25) is 10.0 Å². The summed E-state index contributed by atoms with van der Waals surface area (Å²) in [5, 5.41) is 5.23. The Hall–Kier alpha value is -2.76. The van der Waals surface area contributed by atoms with Gasteiger partial charge in [-0.1, -0.05) is 23.2 Å². The van der Waals surface area contributed by atoms with E-state index in [1.165, 1.54) is 6.21 Å². The first-order valence-electron chi connectivity index (χ1n) is 8.49. The first-order valence-corrected chi connectivity index (χ1v) is 9.25. The number of amides is 1. The van der Waals surface area contributed by atoms with Gasteiger partial charge in [-0.05, 0) is 73.5 Å². The number of nitrogens with zero attached hydrogens (tertiary/aromatic N) is 1. The van der Waals surface area contributed by atoms with Crippen LogP contribution in [0.15, 0.2) is 58.0 Å². The van der Waals surface area contributed by atoms with Crippen molar-refractivity contribution in [3.05, 3.63) is 75.5 Å². The molecule has 0 aliphatic carbocycles. The topological polar surface area (TPSA) is 63.8 Å². The Balaban J connectivity index is 1.52. The molecular weight excluding hydrogens is 399 g/mol. The molecule has 2 aromatic carbocycles. The summed E-state index contributed by atoms with van der Waals surface area (Å²) in [6.07, 6.45) is 1.42. The number of hydrazone groups is 1. The number of aryl methyl sites for hydroxylation is 2. The minimum Gasteiger partial charge on any atom is -0.484 e. The second-order valence-electron chi connectivity index (χ2n) is 6.16. The Bertz CT molecular complexity index is 988. The summed E-state index contributed by atoms with van der Waals surface area (Å²) >= 11 is 12.0. The third-order valence-electron chi connectivity index (χ3n) is 3.92. The summed E-state index contributed by atoms with van der Waals surface area (Å²) < 4.78 is 11.2. The van der Waals surface area contributed by atoms with Gasteiger partial charge in [-0.3, -0.25) is 4.79 Å². The van der Waals surface area contributed by atoms with Gasteiger partial charge >= 0.3 is 0 Å². The van der Waals surface area contributed by atoms with E-state index in [9.17, 15) is 4.79 Å². The normalized spacial score (nSPS) is 11.0. The van der Waals surface area contributed by atoms with Gasteiger partial charge in [0.1, 0.15) is 17.3 Å². The van der Waals surface area contributed by atoms with Crippen molar-refractivity contribution in [2.45, 2.75) is 13.8 Å². The zero-order chi connectivity index (χ0) is 20.1. The van der Waals surface area contributed by atoms with Crippen LogP contribution in [0.3, 0.4) is 0 Å². The molecule has 0 saturated heterocycles. The molecule has 144 valence electrons. The summed E-state index contributed by atoms with van der Waals surface area (Å²) in [5.41, 5.74) is 5.08. The molecule has 3 aromatic rings. The van der Waals surface area contributed by atoms with Crippen LogP contribution in [0.25, 0.3) is 11.3 Å². The van der Waals surface area contributed by atoms with Crippen molar-refractivity contribution >= 4 is 35.3 Å². The number of hydrogen-bond donors (Lipinski definition) is 1. The molecule has 5 nitrogen and oxygen atoms in total. The molecule has 0 spiro atoms. The van der Waals surface area contributed by atoms with Crippen LogP contribution in [0.5, 0.6) is 5.75 Å². The molecule has 1 aromatic heterocycles. The van der Waals surface area contributed by atoms with E-state index in [1.54, 1.807) is 30.3 Å². The van der Waals surface area contributed by atoms with Gasteiger partial charge in [-0.15, -0.1) is 0 Å². The summed E-state index contributed by atoms with van der Waals surface area (Å²) in [4.78, 5) is 11.9. The predicted molar refractivity (Wildman–Crippen MR) is 111 cm³/mol. The van der Waals surface area contributed by atoms with Crippen LogP contribution in [0.1, 0.15) is 16.9 Å². The van der Waals surface area contributed by atoms with Gasteiger partial charge in [-0.25, -0.2) is 5.43 Å². The van der Waals surface area contributed by atoms with E-state index in [4.69, 9.17) is 32.4 Å². The maximum atomic E-state index is 11.9. The lowest BCUT2D eigenvalue weighted by Crippen LogP contribution is -2.24. The van der Waals surface area contributed by atoms with Gasteiger partial charge in [0.2, 0.25) is 0 Å². The fraction of sp³-hybridized carbons (Fsp3) is 0.143. The summed E-state index contributed by atoms with van der Waals surface area (Å²) in [5.74, 6) is 1.39.